The zero-order valence-corrected chi connectivity index (χ0v) is 11.4. The first-order chi connectivity index (χ1) is 8.28. The van der Waals surface area contributed by atoms with Crippen LogP contribution in [0.25, 0.3) is 0 Å². The Bertz CT molecular complexity index is 499. The van der Waals surface area contributed by atoms with Gasteiger partial charge in [-0.15, -0.1) is 0 Å². The van der Waals surface area contributed by atoms with E-state index in [2.05, 4.69) is 0 Å². The van der Waals surface area contributed by atoms with E-state index < -0.39 is 12.0 Å². The van der Waals surface area contributed by atoms with Crippen LogP contribution in [0.1, 0.15) is 26.3 Å². The van der Waals surface area contributed by atoms with Crippen LogP contribution in [0.15, 0.2) is 12.1 Å². The van der Waals surface area contributed by atoms with Crippen molar-refractivity contribution in [2.45, 2.75) is 38.9 Å². The molecule has 2 N–H and O–H groups in total. The molecule has 1 amide bonds. The average molecular weight is 270 g/mol. The van der Waals surface area contributed by atoms with Gasteiger partial charge in [0, 0.05) is 23.1 Å². The van der Waals surface area contributed by atoms with Crippen LogP contribution in [0.3, 0.4) is 0 Å². The highest BCUT2D eigenvalue weighted by Gasteiger charge is 2.33. The first-order valence-corrected chi connectivity index (χ1v) is 6.14. The maximum absolute atomic E-state index is 11.0. The third-order valence-electron chi connectivity index (χ3n) is 2.80. The monoisotopic (exact) mass is 269 g/mol. The number of rotatable bonds is 3. The van der Waals surface area contributed by atoms with Crippen molar-refractivity contribution in [2.75, 3.05) is 0 Å². The molecule has 1 aromatic carbocycles. The minimum Gasteiger partial charge on any atom is -0.483 e. The van der Waals surface area contributed by atoms with Crippen molar-refractivity contribution in [1.29, 1.82) is 0 Å². The summed E-state index contributed by atoms with van der Waals surface area (Å²) in [6.07, 6.45) is 0.0318. The third kappa shape index (κ3) is 2.53. The number of ether oxygens (including phenoxy) is 2. The molecule has 1 aliphatic rings. The van der Waals surface area contributed by atoms with Gasteiger partial charge in [0.2, 0.25) is 0 Å². The highest BCUT2D eigenvalue weighted by atomic mass is 35.5. The Kier molecular flexibility index (Phi) is 3.15. The van der Waals surface area contributed by atoms with E-state index in [-0.39, 0.29) is 5.60 Å². The maximum Gasteiger partial charge on any atom is 0.258 e. The number of amides is 1. The standard InChI is InChI=1S/C13H16ClNO3/c1-7(12(15)16)17-10-5-9(14)4-8-6-13(2,3)18-11(8)10/h4-5,7H,6H2,1-3H3,(H2,15,16). The zero-order valence-electron chi connectivity index (χ0n) is 10.6. The SMILES string of the molecule is CC(Oc1cc(Cl)cc2c1OC(C)(C)C2)C(N)=O. The van der Waals surface area contributed by atoms with Crippen LogP contribution in [-0.2, 0) is 11.2 Å². The van der Waals surface area contributed by atoms with E-state index in [0.29, 0.717) is 16.5 Å². The highest BCUT2D eigenvalue weighted by molar-refractivity contribution is 6.30. The number of halogens is 1. The molecule has 0 aromatic heterocycles. The molecule has 98 valence electrons. The lowest BCUT2D eigenvalue weighted by Crippen LogP contribution is -2.31. The minimum atomic E-state index is -0.722. The Labute approximate surface area is 111 Å². The largest absolute Gasteiger partial charge is 0.483 e. The summed E-state index contributed by atoms with van der Waals surface area (Å²) in [6.45, 7) is 5.57. The number of carbonyl (C=O) groups is 1. The molecule has 18 heavy (non-hydrogen) atoms. The van der Waals surface area contributed by atoms with Crippen LogP contribution in [0.5, 0.6) is 11.5 Å². The van der Waals surface area contributed by atoms with Crippen LogP contribution in [0, 0.1) is 0 Å². The van der Waals surface area contributed by atoms with Gasteiger partial charge in [0.1, 0.15) is 5.60 Å². The van der Waals surface area contributed by atoms with Crippen molar-refractivity contribution in [3.8, 4) is 11.5 Å². The lowest BCUT2D eigenvalue weighted by atomic mass is 10.0. The fourth-order valence-electron chi connectivity index (χ4n) is 1.98. The molecule has 2 rings (SSSR count). The van der Waals surface area contributed by atoms with Gasteiger partial charge >= 0.3 is 0 Å². The molecule has 1 aliphatic heterocycles. The number of benzene rings is 1. The van der Waals surface area contributed by atoms with Gasteiger partial charge in [-0.2, -0.15) is 0 Å². The summed E-state index contributed by atoms with van der Waals surface area (Å²) in [4.78, 5) is 11.0. The Balaban J connectivity index is 2.35. The molecule has 0 spiro atoms. The molecule has 1 unspecified atom stereocenters. The quantitative estimate of drug-likeness (QED) is 0.916. The zero-order chi connectivity index (χ0) is 13.5. The van der Waals surface area contributed by atoms with Crippen molar-refractivity contribution in [3.63, 3.8) is 0 Å². The molecule has 0 bridgehead atoms. The van der Waals surface area contributed by atoms with E-state index in [1.165, 1.54) is 0 Å². The minimum absolute atomic E-state index is 0.291. The normalized spacial score (nSPS) is 17.8. The van der Waals surface area contributed by atoms with Gasteiger partial charge in [-0.1, -0.05) is 11.6 Å². The van der Waals surface area contributed by atoms with Crippen molar-refractivity contribution < 1.29 is 14.3 Å². The van der Waals surface area contributed by atoms with Gasteiger partial charge in [0.25, 0.3) is 5.91 Å². The Hall–Kier alpha value is -1.42. The number of hydrogen-bond donors (Lipinski definition) is 1. The number of primary amides is 1. The van der Waals surface area contributed by atoms with E-state index in [4.69, 9.17) is 26.8 Å². The molecule has 5 heteroatoms. The molecule has 0 fully saturated rings. The Morgan fingerprint density at radius 3 is 2.83 bits per heavy atom. The topological polar surface area (TPSA) is 61.6 Å². The summed E-state index contributed by atoms with van der Waals surface area (Å²) >= 11 is 6.03. The van der Waals surface area contributed by atoms with Gasteiger partial charge in [-0.05, 0) is 26.8 Å². The maximum atomic E-state index is 11.0. The van der Waals surface area contributed by atoms with E-state index in [0.717, 1.165) is 12.0 Å². The van der Waals surface area contributed by atoms with Crippen molar-refractivity contribution in [1.82, 2.24) is 0 Å². The fourth-order valence-corrected chi connectivity index (χ4v) is 2.21. The smallest absolute Gasteiger partial charge is 0.258 e. The van der Waals surface area contributed by atoms with Gasteiger partial charge in [-0.25, -0.2) is 0 Å². The number of hydrogen-bond acceptors (Lipinski definition) is 3. The molecule has 0 saturated carbocycles. The number of nitrogens with two attached hydrogens (primary N) is 1. The summed E-state index contributed by atoms with van der Waals surface area (Å²) in [5.74, 6) is 0.591. The molecule has 0 saturated heterocycles. The second-order valence-electron chi connectivity index (χ2n) is 5.09. The molecule has 1 atom stereocenters. The van der Waals surface area contributed by atoms with E-state index in [9.17, 15) is 4.79 Å². The average Bonchev–Trinajstić information content (AvgIpc) is 2.52. The van der Waals surface area contributed by atoms with Crippen LogP contribution in [0.2, 0.25) is 5.02 Å². The van der Waals surface area contributed by atoms with E-state index in [1.54, 1.807) is 13.0 Å². The lowest BCUT2D eigenvalue weighted by Gasteiger charge is -2.19. The molecule has 0 aliphatic carbocycles. The van der Waals surface area contributed by atoms with Gasteiger partial charge in [0.05, 0.1) is 0 Å². The summed E-state index contributed by atoms with van der Waals surface area (Å²) < 4.78 is 11.3. The first-order valence-electron chi connectivity index (χ1n) is 5.76. The first kappa shape index (κ1) is 13.0. The molecule has 4 nitrogen and oxygen atoms in total. The lowest BCUT2D eigenvalue weighted by molar-refractivity contribution is -0.124. The van der Waals surface area contributed by atoms with Gasteiger partial charge < -0.3 is 15.2 Å². The molecule has 1 heterocycles. The predicted molar refractivity (Wildman–Crippen MR) is 69.1 cm³/mol. The summed E-state index contributed by atoms with van der Waals surface area (Å²) in [5.41, 5.74) is 5.88. The Morgan fingerprint density at radius 2 is 2.22 bits per heavy atom. The van der Waals surface area contributed by atoms with E-state index >= 15 is 0 Å². The van der Waals surface area contributed by atoms with Gasteiger partial charge in [0.15, 0.2) is 17.6 Å². The second-order valence-corrected chi connectivity index (χ2v) is 5.53. The van der Waals surface area contributed by atoms with E-state index in [1.807, 2.05) is 19.9 Å². The second kappa shape index (κ2) is 4.35. The number of fused-ring (bicyclic) bond motifs is 1. The Morgan fingerprint density at radius 1 is 1.56 bits per heavy atom. The van der Waals surface area contributed by atoms with Crippen molar-refractivity contribution in [3.05, 3.63) is 22.7 Å². The van der Waals surface area contributed by atoms with Crippen LogP contribution >= 0.6 is 11.6 Å². The van der Waals surface area contributed by atoms with Crippen LogP contribution in [0.4, 0.5) is 0 Å². The summed E-state index contributed by atoms with van der Waals surface area (Å²) in [5, 5.41) is 0.557. The third-order valence-corrected chi connectivity index (χ3v) is 3.01. The molecular formula is C13H16ClNO3. The van der Waals surface area contributed by atoms with Gasteiger partial charge in [-0.3, -0.25) is 4.79 Å². The predicted octanol–water partition coefficient (Wildman–Crippen LogP) is 2.31. The molecule has 1 aromatic rings. The number of carbonyl (C=O) groups excluding carboxylic acids is 1. The summed E-state index contributed by atoms with van der Waals surface area (Å²) in [7, 11) is 0. The molecular weight excluding hydrogens is 254 g/mol. The van der Waals surface area contributed by atoms with Crippen molar-refractivity contribution >= 4 is 17.5 Å². The van der Waals surface area contributed by atoms with Crippen LogP contribution in [-0.4, -0.2) is 17.6 Å². The molecule has 0 radical (unpaired) electrons. The van der Waals surface area contributed by atoms with Crippen molar-refractivity contribution in [2.24, 2.45) is 5.73 Å². The fraction of sp³-hybridized carbons (Fsp3) is 0.462. The highest BCUT2D eigenvalue weighted by Crippen LogP contribution is 2.44. The van der Waals surface area contributed by atoms with Crippen LogP contribution < -0.4 is 15.2 Å². The summed E-state index contributed by atoms with van der Waals surface area (Å²) in [6, 6.07) is 3.49.